The third-order valence-electron chi connectivity index (χ3n) is 2.22. The molecule has 1 aromatic carbocycles. The number of phenolic OH excluding ortho intramolecular Hbond substituents is 1. The van der Waals surface area contributed by atoms with Gasteiger partial charge >= 0.3 is 0 Å². The molecule has 1 N–H and O–H groups in total. The molecule has 1 rings (SSSR count). The molecular weight excluding hydrogens is 216 g/mol. The number of hydrogen-bond donors (Lipinski definition) is 1. The van der Waals surface area contributed by atoms with Crippen molar-refractivity contribution in [1.29, 1.82) is 0 Å². The fourth-order valence-corrected chi connectivity index (χ4v) is 2.26. The minimum absolute atomic E-state index is 0.00565. The summed E-state index contributed by atoms with van der Waals surface area (Å²) >= 11 is 0. The standard InChI is InChI=1S/C10H14O4S/c1-6(2)8-5-9(11)7(3)4-10(8)15(12,13)14/h4-6,11H,1-3H3,(H,12,13,14)/p-1. The minimum atomic E-state index is -4.48. The molecule has 0 aliphatic rings. The van der Waals surface area contributed by atoms with Gasteiger partial charge in [-0.2, -0.15) is 0 Å². The van der Waals surface area contributed by atoms with E-state index >= 15 is 0 Å². The lowest BCUT2D eigenvalue weighted by Gasteiger charge is -2.17. The van der Waals surface area contributed by atoms with Gasteiger partial charge in [-0.25, -0.2) is 8.42 Å². The molecule has 0 amide bonds. The predicted octanol–water partition coefficient (Wildman–Crippen LogP) is 1.73. The van der Waals surface area contributed by atoms with E-state index in [0.29, 0.717) is 11.1 Å². The zero-order valence-electron chi connectivity index (χ0n) is 8.81. The Morgan fingerprint density at radius 2 is 1.87 bits per heavy atom. The van der Waals surface area contributed by atoms with Gasteiger partial charge in [-0.1, -0.05) is 13.8 Å². The summed E-state index contributed by atoms with van der Waals surface area (Å²) in [6.45, 7) is 5.08. The summed E-state index contributed by atoms with van der Waals surface area (Å²) in [5, 5.41) is 9.44. The van der Waals surface area contributed by atoms with E-state index < -0.39 is 10.1 Å². The van der Waals surface area contributed by atoms with Gasteiger partial charge in [0.05, 0.1) is 4.90 Å². The van der Waals surface area contributed by atoms with Crippen LogP contribution in [0.1, 0.15) is 30.9 Å². The number of aryl methyl sites for hydroxylation is 1. The molecule has 0 heterocycles. The Morgan fingerprint density at radius 3 is 2.27 bits per heavy atom. The van der Waals surface area contributed by atoms with Gasteiger partial charge in [0.2, 0.25) is 0 Å². The summed E-state index contributed by atoms with van der Waals surface area (Å²) in [5.74, 6) is -0.124. The molecule has 0 bridgehead atoms. The van der Waals surface area contributed by atoms with Gasteiger partial charge in [0.15, 0.2) is 0 Å². The van der Waals surface area contributed by atoms with E-state index in [0.717, 1.165) is 0 Å². The molecule has 5 heteroatoms. The van der Waals surface area contributed by atoms with Crippen LogP contribution in [0.3, 0.4) is 0 Å². The number of benzene rings is 1. The van der Waals surface area contributed by atoms with Crippen LogP contribution >= 0.6 is 0 Å². The SMILES string of the molecule is Cc1cc(S(=O)(=O)[O-])c(C(C)C)cc1O. The molecule has 0 atom stereocenters. The lowest BCUT2D eigenvalue weighted by Crippen LogP contribution is -2.05. The van der Waals surface area contributed by atoms with Crippen molar-refractivity contribution in [3.63, 3.8) is 0 Å². The molecule has 84 valence electrons. The van der Waals surface area contributed by atoms with Gasteiger partial charge in [-0.3, -0.25) is 0 Å². The van der Waals surface area contributed by atoms with E-state index in [1.807, 2.05) is 0 Å². The van der Waals surface area contributed by atoms with Crippen LogP contribution in [-0.4, -0.2) is 18.1 Å². The molecule has 0 aliphatic carbocycles. The van der Waals surface area contributed by atoms with Gasteiger partial charge in [0.1, 0.15) is 15.9 Å². The van der Waals surface area contributed by atoms with Crippen LogP contribution in [0.2, 0.25) is 0 Å². The summed E-state index contributed by atoms with van der Waals surface area (Å²) in [4.78, 5) is -0.243. The predicted molar refractivity (Wildman–Crippen MR) is 54.9 cm³/mol. The Hall–Kier alpha value is -1.07. The molecular formula is C10H13O4S-. The number of hydrogen-bond acceptors (Lipinski definition) is 4. The highest BCUT2D eigenvalue weighted by Crippen LogP contribution is 2.29. The molecule has 0 radical (unpaired) electrons. The quantitative estimate of drug-likeness (QED) is 0.783. The number of aromatic hydroxyl groups is 1. The van der Waals surface area contributed by atoms with Gasteiger partial charge in [0, 0.05) is 0 Å². The molecule has 15 heavy (non-hydrogen) atoms. The molecule has 0 fully saturated rings. The molecule has 4 nitrogen and oxygen atoms in total. The van der Waals surface area contributed by atoms with Crippen molar-refractivity contribution in [2.45, 2.75) is 31.6 Å². The normalized spacial score (nSPS) is 12.1. The van der Waals surface area contributed by atoms with Crippen LogP contribution < -0.4 is 0 Å². The Balaban J connectivity index is 3.56. The van der Waals surface area contributed by atoms with E-state index in [4.69, 9.17) is 0 Å². The highest BCUT2D eigenvalue weighted by Gasteiger charge is 2.14. The first-order valence-electron chi connectivity index (χ1n) is 4.53. The molecule has 0 aromatic heterocycles. The van der Waals surface area contributed by atoms with Gasteiger partial charge < -0.3 is 9.66 Å². The van der Waals surface area contributed by atoms with Crippen LogP contribution in [0.25, 0.3) is 0 Å². The second-order valence-electron chi connectivity index (χ2n) is 3.79. The molecule has 0 unspecified atom stereocenters. The summed E-state index contributed by atoms with van der Waals surface area (Å²) in [6.07, 6.45) is 0. The van der Waals surface area contributed by atoms with Crippen LogP contribution in [-0.2, 0) is 10.1 Å². The summed E-state index contributed by atoms with van der Waals surface area (Å²) < 4.78 is 33.0. The largest absolute Gasteiger partial charge is 0.744 e. The number of rotatable bonds is 2. The first kappa shape index (κ1) is 12.0. The topological polar surface area (TPSA) is 77.4 Å². The maximum absolute atomic E-state index is 11.0. The number of phenols is 1. The Bertz CT molecular complexity index is 474. The monoisotopic (exact) mass is 229 g/mol. The Labute approximate surface area is 89.3 Å². The molecule has 0 spiro atoms. The van der Waals surface area contributed by atoms with E-state index in [2.05, 4.69) is 0 Å². The lowest BCUT2D eigenvalue weighted by atomic mass is 10.0. The maximum Gasteiger partial charge on any atom is 0.124 e. The molecule has 0 aliphatic heterocycles. The second-order valence-corrected chi connectivity index (χ2v) is 5.13. The second kappa shape index (κ2) is 3.83. The van der Waals surface area contributed by atoms with Crippen molar-refractivity contribution in [3.8, 4) is 5.75 Å². The highest BCUT2D eigenvalue weighted by molar-refractivity contribution is 7.85. The van der Waals surface area contributed by atoms with Crippen molar-refractivity contribution in [3.05, 3.63) is 23.3 Å². The van der Waals surface area contributed by atoms with E-state index in [1.165, 1.54) is 12.1 Å². The van der Waals surface area contributed by atoms with E-state index in [9.17, 15) is 18.1 Å². The van der Waals surface area contributed by atoms with Crippen molar-refractivity contribution in [2.24, 2.45) is 0 Å². The van der Waals surface area contributed by atoms with Crippen LogP contribution in [0.5, 0.6) is 5.75 Å². The zero-order valence-corrected chi connectivity index (χ0v) is 9.63. The van der Waals surface area contributed by atoms with Crippen molar-refractivity contribution < 1.29 is 18.1 Å². The van der Waals surface area contributed by atoms with Crippen molar-refractivity contribution >= 4 is 10.1 Å². The van der Waals surface area contributed by atoms with Crippen molar-refractivity contribution in [1.82, 2.24) is 0 Å². The summed E-state index contributed by atoms with van der Waals surface area (Å²) in [6, 6.07) is 2.55. The van der Waals surface area contributed by atoms with Gasteiger partial charge in [0.25, 0.3) is 0 Å². The first-order valence-corrected chi connectivity index (χ1v) is 5.93. The highest BCUT2D eigenvalue weighted by atomic mass is 32.2. The Kier molecular flexibility index (Phi) is 3.06. The average Bonchev–Trinajstić information content (AvgIpc) is 2.06. The van der Waals surface area contributed by atoms with E-state index in [-0.39, 0.29) is 16.6 Å². The van der Waals surface area contributed by atoms with Crippen molar-refractivity contribution in [2.75, 3.05) is 0 Å². The third-order valence-corrected chi connectivity index (χ3v) is 3.11. The zero-order chi connectivity index (χ0) is 11.8. The third kappa shape index (κ3) is 2.49. The Morgan fingerprint density at radius 1 is 1.33 bits per heavy atom. The van der Waals surface area contributed by atoms with Crippen LogP contribution in [0.15, 0.2) is 17.0 Å². The maximum atomic E-state index is 11.0. The fraction of sp³-hybridized carbons (Fsp3) is 0.400. The lowest BCUT2D eigenvalue weighted by molar-refractivity contribution is 0.457. The molecule has 1 aromatic rings. The summed E-state index contributed by atoms with van der Waals surface area (Å²) in [5.41, 5.74) is 0.738. The van der Waals surface area contributed by atoms with Crippen LogP contribution in [0.4, 0.5) is 0 Å². The van der Waals surface area contributed by atoms with E-state index in [1.54, 1.807) is 20.8 Å². The van der Waals surface area contributed by atoms with Gasteiger partial charge in [-0.05, 0) is 36.1 Å². The summed E-state index contributed by atoms with van der Waals surface area (Å²) in [7, 11) is -4.48. The molecule has 0 saturated carbocycles. The fourth-order valence-electron chi connectivity index (χ4n) is 1.35. The van der Waals surface area contributed by atoms with Gasteiger partial charge in [-0.15, -0.1) is 0 Å². The minimum Gasteiger partial charge on any atom is -0.744 e. The van der Waals surface area contributed by atoms with Crippen LogP contribution in [0, 0.1) is 6.92 Å². The molecule has 0 saturated heterocycles. The first-order chi connectivity index (χ1) is 6.73. The smallest absolute Gasteiger partial charge is 0.124 e. The average molecular weight is 229 g/mol.